The van der Waals surface area contributed by atoms with Gasteiger partial charge in [-0.25, -0.2) is 12.8 Å². The SMILES string of the molecule is COc1ccccc1CCNC(=O)C[C@@H]1CCCCN1S(=O)(=O)c1ccc(F)cc1. The molecule has 0 saturated carbocycles. The van der Waals surface area contributed by atoms with Crippen LogP contribution in [0.15, 0.2) is 53.4 Å². The summed E-state index contributed by atoms with van der Waals surface area (Å²) in [5, 5.41) is 2.88. The summed E-state index contributed by atoms with van der Waals surface area (Å²) in [6.07, 6.45) is 2.96. The van der Waals surface area contributed by atoms with Crippen LogP contribution in [0.1, 0.15) is 31.2 Å². The maximum absolute atomic E-state index is 13.2. The first kappa shape index (κ1) is 22.2. The number of halogens is 1. The van der Waals surface area contributed by atoms with E-state index < -0.39 is 21.9 Å². The zero-order chi connectivity index (χ0) is 21.6. The second-order valence-corrected chi connectivity index (χ2v) is 9.23. The Morgan fingerprint density at radius 3 is 2.63 bits per heavy atom. The second-order valence-electron chi connectivity index (χ2n) is 7.34. The molecule has 1 atom stereocenters. The topological polar surface area (TPSA) is 75.7 Å². The van der Waals surface area contributed by atoms with E-state index in [1.54, 1.807) is 7.11 Å². The number of ether oxygens (including phenoxy) is 1. The number of amides is 1. The Morgan fingerprint density at radius 1 is 1.17 bits per heavy atom. The van der Waals surface area contributed by atoms with Gasteiger partial charge in [-0.05, 0) is 55.2 Å². The summed E-state index contributed by atoms with van der Waals surface area (Å²) in [5.41, 5.74) is 0.999. The molecule has 30 heavy (non-hydrogen) atoms. The molecule has 1 aliphatic heterocycles. The van der Waals surface area contributed by atoms with Gasteiger partial charge in [0.2, 0.25) is 15.9 Å². The van der Waals surface area contributed by atoms with Gasteiger partial charge < -0.3 is 10.1 Å². The van der Waals surface area contributed by atoms with Crippen molar-refractivity contribution in [2.45, 2.75) is 43.0 Å². The third-order valence-electron chi connectivity index (χ3n) is 5.32. The van der Waals surface area contributed by atoms with E-state index >= 15 is 0 Å². The maximum Gasteiger partial charge on any atom is 0.243 e. The minimum Gasteiger partial charge on any atom is -0.496 e. The van der Waals surface area contributed by atoms with Crippen LogP contribution in [0.2, 0.25) is 0 Å². The Kier molecular flexibility index (Phi) is 7.44. The van der Waals surface area contributed by atoms with Gasteiger partial charge in [0.15, 0.2) is 0 Å². The Morgan fingerprint density at radius 2 is 1.90 bits per heavy atom. The van der Waals surface area contributed by atoms with Crippen molar-refractivity contribution < 1.29 is 22.3 Å². The van der Waals surface area contributed by atoms with Crippen LogP contribution in [0.3, 0.4) is 0 Å². The summed E-state index contributed by atoms with van der Waals surface area (Å²) < 4.78 is 45.9. The smallest absolute Gasteiger partial charge is 0.243 e. The molecule has 1 heterocycles. The minimum absolute atomic E-state index is 0.0485. The van der Waals surface area contributed by atoms with E-state index in [2.05, 4.69) is 5.32 Å². The van der Waals surface area contributed by atoms with Crippen LogP contribution in [-0.2, 0) is 21.2 Å². The number of methoxy groups -OCH3 is 1. The largest absolute Gasteiger partial charge is 0.496 e. The molecule has 162 valence electrons. The lowest BCUT2D eigenvalue weighted by Gasteiger charge is -2.34. The van der Waals surface area contributed by atoms with Crippen molar-refractivity contribution in [3.63, 3.8) is 0 Å². The van der Waals surface area contributed by atoms with E-state index in [1.165, 1.54) is 16.4 Å². The lowest BCUT2D eigenvalue weighted by molar-refractivity contribution is -0.122. The van der Waals surface area contributed by atoms with Crippen molar-refractivity contribution in [3.05, 3.63) is 59.9 Å². The molecular weight excluding hydrogens is 407 g/mol. The van der Waals surface area contributed by atoms with Crippen LogP contribution >= 0.6 is 0 Å². The van der Waals surface area contributed by atoms with Crippen molar-refractivity contribution in [1.29, 1.82) is 0 Å². The van der Waals surface area contributed by atoms with Gasteiger partial charge in [0.05, 0.1) is 12.0 Å². The predicted octanol–water partition coefficient (Wildman–Crippen LogP) is 3.13. The highest BCUT2D eigenvalue weighted by atomic mass is 32.2. The van der Waals surface area contributed by atoms with E-state index in [0.717, 1.165) is 36.3 Å². The zero-order valence-corrected chi connectivity index (χ0v) is 17.8. The Labute approximate surface area is 177 Å². The quantitative estimate of drug-likeness (QED) is 0.693. The van der Waals surface area contributed by atoms with Crippen molar-refractivity contribution in [3.8, 4) is 5.75 Å². The zero-order valence-electron chi connectivity index (χ0n) is 17.0. The number of hydrogen-bond acceptors (Lipinski definition) is 4. The second kappa shape index (κ2) is 10.0. The van der Waals surface area contributed by atoms with Crippen molar-refractivity contribution in [1.82, 2.24) is 9.62 Å². The van der Waals surface area contributed by atoms with Crippen LogP contribution < -0.4 is 10.1 Å². The molecule has 0 aromatic heterocycles. The number of para-hydroxylation sites is 1. The number of carbonyl (C=O) groups excluding carboxylic acids is 1. The number of benzene rings is 2. The van der Waals surface area contributed by atoms with Gasteiger partial charge in [0.25, 0.3) is 0 Å². The number of hydrogen-bond donors (Lipinski definition) is 1. The van der Waals surface area contributed by atoms with Crippen LogP contribution in [0.5, 0.6) is 5.75 Å². The van der Waals surface area contributed by atoms with Crippen LogP contribution in [0, 0.1) is 5.82 Å². The Hall–Kier alpha value is -2.45. The lowest BCUT2D eigenvalue weighted by atomic mass is 10.0. The molecule has 1 N–H and O–H groups in total. The third kappa shape index (κ3) is 5.37. The van der Waals surface area contributed by atoms with Crippen LogP contribution in [-0.4, -0.2) is 44.9 Å². The maximum atomic E-state index is 13.2. The lowest BCUT2D eigenvalue weighted by Crippen LogP contribution is -2.46. The fourth-order valence-corrected chi connectivity index (χ4v) is 5.46. The first-order valence-electron chi connectivity index (χ1n) is 10.1. The summed E-state index contributed by atoms with van der Waals surface area (Å²) >= 11 is 0. The molecule has 1 aliphatic rings. The molecule has 1 saturated heterocycles. The van der Waals surface area contributed by atoms with E-state index in [-0.39, 0.29) is 17.2 Å². The molecule has 0 radical (unpaired) electrons. The molecule has 0 spiro atoms. The van der Waals surface area contributed by atoms with E-state index in [4.69, 9.17) is 4.74 Å². The summed E-state index contributed by atoms with van der Waals surface area (Å²) in [5.74, 6) is 0.102. The molecule has 0 unspecified atom stereocenters. The molecular formula is C22H27FN2O4S. The highest BCUT2D eigenvalue weighted by Crippen LogP contribution is 2.27. The van der Waals surface area contributed by atoms with Gasteiger partial charge in [-0.1, -0.05) is 24.6 Å². The van der Waals surface area contributed by atoms with Crippen molar-refractivity contribution >= 4 is 15.9 Å². The average Bonchev–Trinajstić information content (AvgIpc) is 2.74. The van der Waals surface area contributed by atoms with Crippen molar-refractivity contribution in [2.75, 3.05) is 20.2 Å². The third-order valence-corrected chi connectivity index (χ3v) is 7.29. The van der Waals surface area contributed by atoms with Gasteiger partial charge in [0, 0.05) is 25.6 Å². The molecule has 1 amide bonds. The van der Waals surface area contributed by atoms with E-state index in [9.17, 15) is 17.6 Å². The molecule has 3 rings (SSSR count). The molecule has 8 heteroatoms. The fourth-order valence-electron chi connectivity index (χ4n) is 3.77. The van der Waals surface area contributed by atoms with E-state index in [0.29, 0.717) is 25.9 Å². The molecule has 2 aromatic carbocycles. The van der Waals surface area contributed by atoms with Crippen LogP contribution in [0.4, 0.5) is 4.39 Å². The number of rotatable bonds is 8. The molecule has 6 nitrogen and oxygen atoms in total. The van der Waals surface area contributed by atoms with Crippen LogP contribution in [0.25, 0.3) is 0 Å². The Balaban J connectivity index is 1.61. The first-order chi connectivity index (χ1) is 14.4. The fraction of sp³-hybridized carbons (Fsp3) is 0.409. The van der Waals surface area contributed by atoms with Gasteiger partial charge in [-0.3, -0.25) is 4.79 Å². The summed E-state index contributed by atoms with van der Waals surface area (Å²) in [4.78, 5) is 12.5. The standard InChI is InChI=1S/C22H27FN2O4S/c1-29-21-8-3-2-6-17(21)13-14-24-22(26)16-19-7-4-5-15-25(19)30(27,28)20-11-9-18(23)10-12-20/h2-3,6,8-12,19H,4-5,7,13-16H2,1H3,(H,24,26)/t19-/m0/s1. The minimum atomic E-state index is -3.78. The summed E-state index contributed by atoms with van der Waals surface area (Å²) in [6, 6.07) is 12.0. The van der Waals surface area contributed by atoms with Gasteiger partial charge in [-0.15, -0.1) is 0 Å². The number of carbonyl (C=O) groups is 1. The number of sulfonamides is 1. The molecule has 0 aliphatic carbocycles. The number of nitrogens with zero attached hydrogens (tertiary/aromatic N) is 1. The van der Waals surface area contributed by atoms with Crippen molar-refractivity contribution in [2.24, 2.45) is 0 Å². The predicted molar refractivity (Wildman–Crippen MR) is 112 cm³/mol. The summed E-state index contributed by atoms with van der Waals surface area (Å²) in [7, 11) is -2.17. The number of piperidine rings is 1. The normalized spacial score (nSPS) is 17.5. The van der Waals surface area contributed by atoms with Gasteiger partial charge in [0.1, 0.15) is 11.6 Å². The monoisotopic (exact) mass is 434 g/mol. The molecule has 1 fully saturated rings. The first-order valence-corrected chi connectivity index (χ1v) is 11.5. The number of nitrogens with one attached hydrogen (secondary N) is 1. The molecule has 0 bridgehead atoms. The van der Waals surface area contributed by atoms with Gasteiger partial charge in [-0.2, -0.15) is 4.31 Å². The molecule has 2 aromatic rings. The Bertz CT molecular complexity index is 963. The summed E-state index contributed by atoms with van der Waals surface area (Å²) in [6.45, 7) is 0.801. The highest BCUT2D eigenvalue weighted by Gasteiger charge is 2.34. The average molecular weight is 435 g/mol. The highest BCUT2D eigenvalue weighted by molar-refractivity contribution is 7.89. The van der Waals surface area contributed by atoms with Gasteiger partial charge >= 0.3 is 0 Å². The van der Waals surface area contributed by atoms with E-state index in [1.807, 2.05) is 24.3 Å².